The molecular formula is C42H65NO6. The molecule has 0 spiro atoms. The van der Waals surface area contributed by atoms with Gasteiger partial charge < -0.3 is 14.6 Å². The number of carbonyl (C=O) groups is 3. The van der Waals surface area contributed by atoms with E-state index in [1.54, 1.807) is 0 Å². The summed E-state index contributed by atoms with van der Waals surface area (Å²) >= 11 is 0. The molecule has 5 fully saturated rings. The monoisotopic (exact) mass is 679 g/mol. The third-order valence-corrected chi connectivity index (χ3v) is 16.0. The summed E-state index contributed by atoms with van der Waals surface area (Å²) in [6.07, 6.45) is 12.8. The Hall–Kier alpha value is -2.36. The molecule has 7 nitrogen and oxygen atoms in total. The first-order chi connectivity index (χ1) is 22.8. The fourth-order valence-electron chi connectivity index (χ4n) is 13.6. The van der Waals surface area contributed by atoms with Crippen molar-refractivity contribution in [1.29, 1.82) is 5.26 Å². The number of nitriles is 1. The van der Waals surface area contributed by atoms with Crippen molar-refractivity contribution in [1.82, 2.24) is 0 Å². The van der Waals surface area contributed by atoms with Crippen LogP contribution in [0.1, 0.15) is 152 Å². The Labute approximate surface area is 296 Å². The molecule has 5 saturated carbocycles. The molecule has 7 heteroatoms. The summed E-state index contributed by atoms with van der Waals surface area (Å²) in [7, 11) is 0. The highest BCUT2D eigenvalue weighted by molar-refractivity contribution is 5.73. The van der Waals surface area contributed by atoms with Crippen molar-refractivity contribution in [2.75, 3.05) is 6.61 Å². The average Bonchev–Trinajstić information content (AvgIpc) is 3.37. The molecule has 0 heterocycles. The van der Waals surface area contributed by atoms with Crippen molar-refractivity contribution in [3.05, 3.63) is 12.2 Å². The first-order valence-corrected chi connectivity index (χ1v) is 19.4. The fourth-order valence-corrected chi connectivity index (χ4v) is 13.6. The fraction of sp³-hybridized carbons (Fsp3) is 0.857. The van der Waals surface area contributed by atoms with Gasteiger partial charge in [-0.2, -0.15) is 5.26 Å². The van der Waals surface area contributed by atoms with Gasteiger partial charge in [0.2, 0.25) is 0 Å². The summed E-state index contributed by atoms with van der Waals surface area (Å²) in [6, 6.07) is 2.07. The lowest BCUT2D eigenvalue weighted by Crippen LogP contribution is -2.66. The first kappa shape index (κ1) is 37.9. The number of hydrogen-bond acceptors (Lipinski definition) is 6. The molecule has 0 radical (unpaired) electrons. The van der Waals surface area contributed by atoms with Crippen LogP contribution in [0, 0.1) is 73.4 Å². The van der Waals surface area contributed by atoms with Crippen molar-refractivity contribution in [2.45, 2.75) is 158 Å². The quantitative estimate of drug-likeness (QED) is 0.131. The number of fused-ring (bicyclic) bond motifs is 7. The van der Waals surface area contributed by atoms with Crippen LogP contribution in [0.3, 0.4) is 0 Å². The third-order valence-electron chi connectivity index (χ3n) is 16.0. The Morgan fingerprint density at radius 2 is 1.59 bits per heavy atom. The summed E-state index contributed by atoms with van der Waals surface area (Å²) in [5.41, 5.74) is 1.20. The largest absolute Gasteiger partial charge is 0.481 e. The molecule has 49 heavy (non-hydrogen) atoms. The zero-order chi connectivity index (χ0) is 36.2. The van der Waals surface area contributed by atoms with E-state index in [2.05, 4.69) is 54.2 Å². The number of rotatable bonds is 11. The highest BCUT2D eigenvalue weighted by atomic mass is 16.5. The molecule has 5 rings (SSSR count). The number of carboxylic acid groups (broad SMARTS) is 1. The summed E-state index contributed by atoms with van der Waals surface area (Å²) < 4.78 is 11.7. The lowest BCUT2D eigenvalue weighted by Gasteiger charge is -2.73. The molecule has 0 amide bonds. The van der Waals surface area contributed by atoms with E-state index in [1.165, 1.54) is 31.3 Å². The van der Waals surface area contributed by atoms with Gasteiger partial charge in [-0.15, -0.1) is 0 Å². The number of ether oxygens (including phenoxy) is 2. The van der Waals surface area contributed by atoms with Gasteiger partial charge >= 0.3 is 17.9 Å². The predicted octanol–water partition coefficient (Wildman–Crippen LogP) is 9.68. The summed E-state index contributed by atoms with van der Waals surface area (Å²) in [5, 5.41) is 18.2. The van der Waals surface area contributed by atoms with Gasteiger partial charge in [0.25, 0.3) is 0 Å². The number of hydrogen-bond donors (Lipinski definition) is 1. The van der Waals surface area contributed by atoms with Crippen LogP contribution in [-0.2, 0) is 23.9 Å². The molecule has 0 aliphatic heterocycles. The highest BCUT2D eigenvalue weighted by Crippen LogP contribution is 2.78. The van der Waals surface area contributed by atoms with E-state index in [-0.39, 0.29) is 71.0 Å². The Morgan fingerprint density at radius 3 is 2.24 bits per heavy atom. The maximum atomic E-state index is 13.2. The highest BCUT2D eigenvalue weighted by Gasteiger charge is 2.71. The average molecular weight is 680 g/mol. The van der Waals surface area contributed by atoms with E-state index >= 15 is 0 Å². The van der Waals surface area contributed by atoms with E-state index < -0.39 is 11.4 Å². The SMILES string of the molecule is C=C(C)[C@@H]1CC[C@]2(CCC(=O)OCCC#N)CC[C@]3(C)[C@H](CCC4[C@@]5(C)CCC(OC(=O)CC(C)(C)CC(=O)O)C(C)(C)C5CC[C@]43C)C12. The Kier molecular flexibility index (Phi) is 10.3. The van der Waals surface area contributed by atoms with Gasteiger partial charge in [-0.05, 0) is 134 Å². The van der Waals surface area contributed by atoms with Crippen molar-refractivity contribution in [3.63, 3.8) is 0 Å². The molecule has 10 atom stereocenters. The molecule has 0 aromatic heterocycles. The second-order valence-corrected chi connectivity index (χ2v) is 19.4. The molecule has 5 aliphatic carbocycles. The van der Waals surface area contributed by atoms with Gasteiger partial charge in [-0.25, -0.2) is 0 Å². The number of carboxylic acids is 1. The van der Waals surface area contributed by atoms with Gasteiger partial charge in [0, 0.05) is 11.8 Å². The van der Waals surface area contributed by atoms with Crippen LogP contribution in [0.15, 0.2) is 12.2 Å². The summed E-state index contributed by atoms with van der Waals surface area (Å²) in [6.45, 7) is 23.1. The van der Waals surface area contributed by atoms with Gasteiger partial charge in [0.05, 0.1) is 25.3 Å². The van der Waals surface area contributed by atoms with Crippen LogP contribution < -0.4 is 0 Å². The minimum Gasteiger partial charge on any atom is -0.481 e. The number of nitrogens with zero attached hydrogens (tertiary/aromatic N) is 1. The topological polar surface area (TPSA) is 114 Å². The molecule has 5 aliphatic rings. The van der Waals surface area contributed by atoms with Gasteiger partial charge in [-0.1, -0.05) is 60.6 Å². The maximum Gasteiger partial charge on any atom is 0.306 e. The van der Waals surface area contributed by atoms with Crippen LogP contribution in [0.5, 0.6) is 0 Å². The van der Waals surface area contributed by atoms with Crippen molar-refractivity contribution >= 4 is 17.9 Å². The Morgan fingerprint density at radius 1 is 0.878 bits per heavy atom. The Balaban J connectivity index is 1.36. The first-order valence-electron chi connectivity index (χ1n) is 19.4. The van der Waals surface area contributed by atoms with Crippen LogP contribution >= 0.6 is 0 Å². The van der Waals surface area contributed by atoms with Crippen LogP contribution in [0.2, 0.25) is 0 Å². The standard InChI is InChI=1S/C42H65NO6/c1-27(2)28-13-19-42(20-16-34(46)48-24-10-23-43)22-21-40(8)29(36(28)42)11-12-31-39(7)17-15-32(38(5,6)30(39)14-18-41(31,40)9)49-35(47)26-37(3,4)25-33(44)45/h28-32,36H,1,10-22,24-26H2,2-9H3,(H,44,45)/t28-,29+,30?,31?,32?,36?,39-,40+,41+,42-/m0/s1. The molecule has 0 bridgehead atoms. The minimum absolute atomic E-state index is 0.0537. The van der Waals surface area contributed by atoms with Crippen LogP contribution in [0.25, 0.3) is 0 Å². The smallest absolute Gasteiger partial charge is 0.306 e. The second-order valence-electron chi connectivity index (χ2n) is 19.4. The summed E-state index contributed by atoms with van der Waals surface area (Å²) in [4.78, 5) is 37.3. The molecule has 274 valence electrons. The van der Waals surface area contributed by atoms with Crippen LogP contribution in [0.4, 0.5) is 0 Å². The van der Waals surface area contributed by atoms with Crippen molar-refractivity contribution in [2.24, 2.45) is 62.1 Å². The molecular weight excluding hydrogens is 614 g/mol. The maximum absolute atomic E-state index is 13.2. The molecule has 4 unspecified atom stereocenters. The van der Waals surface area contributed by atoms with E-state index in [1.807, 2.05) is 13.8 Å². The van der Waals surface area contributed by atoms with Crippen molar-refractivity contribution < 1.29 is 29.0 Å². The number of carbonyl (C=O) groups excluding carboxylic acids is 2. The molecule has 0 saturated heterocycles. The van der Waals surface area contributed by atoms with Crippen molar-refractivity contribution in [3.8, 4) is 6.07 Å². The molecule has 0 aromatic rings. The third kappa shape index (κ3) is 6.50. The van der Waals surface area contributed by atoms with E-state index in [4.69, 9.17) is 14.7 Å². The molecule has 0 aromatic carbocycles. The van der Waals surface area contributed by atoms with Gasteiger partial charge in [0.15, 0.2) is 0 Å². The lowest BCUT2D eigenvalue weighted by molar-refractivity contribution is -0.250. The van der Waals surface area contributed by atoms with Gasteiger partial charge in [0.1, 0.15) is 12.7 Å². The zero-order valence-corrected chi connectivity index (χ0v) is 31.9. The van der Waals surface area contributed by atoms with Gasteiger partial charge in [-0.3, -0.25) is 14.4 Å². The second kappa shape index (κ2) is 13.3. The number of aliphatic carboxylic acids is 1. The van der Waals surface area contributed by atoms with E-state index in [9.17, 15) is 19.5 Å². The normalized spacial score (nSPS) is 40.8. The van der Waals surface area contributed by atoms with E-state index in [0.717, 1.165) is 44.9 Å². The minimum atomic E-state index is -0.889. The number of esters is 2. The lowest BCUT2D eigenvalue weighted by atomic mass is 9.32. The zero-order valence-electron chi connectivity index (χ0n) is 31.9. The molecule has 1 N–H and O–H groups in total. The Bertz CT molecular complexity index is 1360. The van der Waals surface area contributed by atoms with E-state index in [0.29, 0.717) is 36.0 Å². The predicted molar refractivity (Wildman–Crippen MR) is 190 cm³/mol. The van der Waals surface area contributed by atoms with Crippen LogP contribution in [-0.4, -0.2) is 35.7 Å². The summed E-state index contributed by atoms with van der Waals surface area (Å²) in [5.74, 6) is 1.35. The number of allylic oxidation sites excluding steroid dienone is 1.